The van der Waals surface area contributed by atoms with Gasteiger partial charge in [0.2, 0.25) is 0 Å². The lowest BCUT2D eigenvalue weighted by atomic mass is 10.1. The van der Waals surface area contributed by atoms with Crippen molar-refractivity contribution in [3.8, 4) is 0 Å². The summed E-state index contributed by atoms with van der Waals surface area (Å²) in [5.41, 5.74) is 2.01. The Hall–Kier alpha value is -0.650. The predicted octanol–water partition coefficient (Wildman–Crippen LogP) is 2.54. The van der Waals surface area contributed by atoms with E-state index in [1.165, 1.54) is 17.1 Å². The number of rotatable bonds is 5. The van der Waals surface area contributed by atoms with Crippen molar-refractivity contribution < 1.29 is 9.53 Å². The lowest BCUT2D eigenvalue weighted by molar-refractivity contribution is 0.0937. The lowest BCUT2D eigenvalue weighted by Gasteiger charge is -2.09. The van der Waals surface area contributed by atoms with Crippen molar-refractivity contribution in [2.75, 3.05) is 31.8 Å². The fourth-order valence-electron chi connectivity index (χ4n) is 1.71. The molecule has 0 aromatic heterocycles. The molecule has 1 aromatic carbocycles. The van der Waals surface area contributed by atoms with Gasteiger partial charge >= 0.3 is 0 Å². The third kappa shape index (κ3) is 3.67. The zero-order valence-electron chi connectivity index (χ0n) is 10.3. The Balaban J connectivity index is 1.92. The molecule has 0 spiro atoms. The predicted molar refractivity (Wildman–Crippen MR) is 78.3 cm³/mol. The van der Waals surface area contributed by atoms with E-state index in [0.29, 0.717) is 23.3 Å². The Bertz CT molecular complexity index is 388. The quantitative estimate of drug-likeness (QED) is 0.843. The molecule has 1 heterocycles. The van der Waals surface area contributed by atoms with Gasteiger partial charge in [-0.25, -0.2) is 0 Å². The number of thioether (sulfide) groups is 2. The smallest absolute Gasteiger partial charge is 0.251 e. The number of methoxy groups -OCH3 is 1. The molecule has 0 radical (unpaired) electrons. The minimum Gasteiger partial charge on any atom is -0.383 e. The van der Waals surface area contributed by atoms with Gasteiger partial charge in [-0.15, -0.1) is 23.5 Å². The summed E-state index contributed by atoms with van der Waals surface area (Å²) in [5.74, 6) is 2.40. The van der Waals surface area contributed by atoms with Gasteiger partial charge in [-0.05, 0) is 17.7 Å². The van der Waals surface area contributed by atoms with Crippen LogP contribution in [0.2, 0.25) is 0 Å². The Kier molecular flexibility index (Phi) is 5.41. The molecule has 1 fully saturated rings. The van der Waals surface area contributed by atoms with E-state index in [9.17, 15) is 4.79 Å². The number of hydrogen-bond donors (Lipinski definition) is 1. The topological polar surface area (TPSA) is 38.3 Å². The largest absolute Gasteiger partial charge is 0.383 e. The van der Waals surface area contributed by atoms with E-state index in [1.54, 1.807) is 7.11 Å². The third-order valence-electron chi connectivity index (χ3n) is 2.66. The zero-order chi connectivity index (χ0) is 12.8. The molecule has 0 bridgehead atoms. The number of hydrogen-bond acceptors (Lipinski definition) is 4. The van der Waals surface area contributed by atoms with E-state index in [4.69, 9.17) is 4.74 Å². The lowest BCUT2D eigenvalue weighted by Crippen LogP contribution is -2.26. The van der Waals surface area contributed by atoms with Crippen molar-refractivity contribution in [2.45, 2.75) is 4.58 Å². The molecule has 0 atom stereocenters. The highest BCUT2D eigenvalue weighted by Gasteiger charge is 2.18. The van der Waals surface area contributed by atoms with Gasteiger partial charge in [0.1, 0.15) is 0 Å². The first-order valence-corrected chi connectivity index (χ1v) is 8.01. The van der Waals surface area contributed by atoms with Crippen LogP contribution in [0.1, 0.15) is 20.5 Å². The third-order valence-corrected chi connectivity index (χ3v) is 5.76. The highest BCUT2D eigenvalue weighted by atomic mass is 32.2. The molecular formula is C13H17NO2S2. The average molecular weight is 283 g/mol. The summed E-state index contributed by atoms with van der Waals surface area (Å²) >= 11 is 3.94. The van der Waals surface area contributed by atoms with Crippen LogP contribution in [0.15, 0.2) is 24.3 Å². The first-order chi connectivity index (χ1) is 8.81. The fourth-order valence-corrected chi connectivity index (χ4v) is 4.57. The minimum atomic E-state index is -0.0367. The fraction of sp³-hybridized carbons (Fsp3) is 0.462. The zero-order valence-corrected chi connectivity index (χ0v) is 12.0. The molecule has 1 aliphatic rings. The number of carbonyl (C=O) groups excluding carboxylic acids is 1. The highest BCUT2D eigenvalue weighted by Crippen LogP contribution is 2.45. The van der Waals surface area contributed by atoms with E-state index in [1.807, 2.05) is 35.7 Å². The number of benzene rings is 1. The molecule has 1 aliphatic heterocycles. The molecule has 3 nitrogen and oxygen atoms in total. The van der Waals surface area contributed by atoms with Crippen molar-refractivity contribution >= 4 is 29.4 Å². The van der Waals surface area contributed by atoms with Crippen LogP contribution >= 0.6 is 23.5 Å². The van der Waals surface area contributed by atoms with Crippen LogP contribution in [-0.2, 0) is 4.74 Å². The van der Waals surface area contributed by atoms with Crippen LogP contribution in [0.4, 0.5) is 0 Å². The highest BCUT2D eigenvalue weighted by molar-refractivity contribution is 8.19. The van der Waals surface area contributed by atoms with Crippen LogP contribution in [-0.4, -0.2) is 37.7 Å². The number of ether oxygens (including phenoxy) is 1. The maximum atomic E-state index is 11.8. The second kappa shape index (κ2) is 7.07. The van der Waals surface area contributed by atoms with E-state index in [2.05, 4.69) is 17.4 Å². The van der Waals surface area contributed by atoms with Crippen LogP contribution in [0.5, 0.6) is 0 Å². The second-order valence-corrected chi connectivity index (χ2v) is 6.67. The van der Waals surface area contributed by atoms with E-state index in [0.717, 1.165) is 0 Å². The van der Waals surface area contributed by atoms with Gasteiger partial charge in [-0.3, -0.25) is 4.79 Å². The molecular weight excluding hydrogens is 266 g/mol. The van der Waals surface area contributed by atoms with Crippen molar-refractivity contribution in [1.29, 1.82) is 0 Å². The first-order valence-electron chi connectivity index (χ1n) is 5.91. The molecule has 1 amide bonds. The number of carbonyl (C=O) groups is 1. The molecule has 0 aliphatic carbocycles. The van der Waals surface area contributed by atoms with Crippen LogP contribution in [0.25, 0.3) is 0 Å². The summed E-state index contributed by atoms with van der Waals surface area (Å²) in [6.07, 6.45) is 0. The van der Waals surface area contributed by atoms with Gasteiger partial charge in [-0.2, -0.15) is 0 Å². The van der Waals surface area contributed by atoms with E-state index < -0.39 is 0 Å². The first kappa shape index (κ1) is 13.8. The molecule has 18 heavy (non-hydrogen) atoms. The summed E-state index contributed by atoms with van der Waals surface area (Å²) in [6, 6.07) is 7.91. The van der Waals surface area contributed by atoms with Gasteiger partial charge in [0.25, 0.3) is 5.91 Å². The summed E-state index contributed by atoms with van der Waals surface area (Å²) in [5, 5.41) is 2.81. The molecule has 98 valence electrons. The van der Waals surface area contributed by atoms with Crippen LogP contribution in [0.3, 0.4) is 0 Å². The normalized spacial score (nSPS) is 15.8. The summed E-state index contributed by atoms with van der Waals surface area (Å²) < 4.78 is 5.43. The van der Waals surface area contributed by atoms with Crippen LogP contribution in [0, 0.1) is 0 Å². The van der Waals surface area contributed by atoms with Crippen molar-refractivity contribution in [3.63, 3.8) is 0 Å². The Morgan fingerprint density at radius 3 is 2.61 bits per heavy atom. The van der Waals surface area contributed by atoms with Crippen molar-refractivity contribution in [3.05, 3.63) is 35.4 Å². The molecule has 5 heteroatoms. The van der Waals surface area contributed by atoms with Crippen molar-refractivity contribution in [2.24, 2.45) is 0 Å². The molecule has 2 rings (SSSR count). The summed E-state index contributed by atoms with van der Waals surface area (Å²) in [6.45, 7) is 1.09. The molecule has 0 saturated carbocycles. The van der Waals surface area contributed by atoms with Gasteiger partial charge in [0.15, 0.2) is 0 Å². The van der Waals surface area contributed by atoms with Gasteiger partial charge in [-0.1, -0.05) is 12.1 Å². The average Bonchev–Trinajstić information content (AvgIpc) is 2.93. The van der Waals surface area contributed by atoms with Gasteiger partial charge in [0.05, 0.1) is 11.2 Å². The Morgan fingerprint density at radius 1 is 1.33 bits per heavy atom. The standard InChI is InChI=1S/C13H17NO2S2/c1-16-7-6-14-12(15)10-2-4-11(5-3-10)13-17-8-9-18-13/h2-5,13H,6-9H2,1H3,(H,14,15). The summed E-state index contributed by atoms with van der Waals surface area (Å²) in [7, 11) is 1.62. The maximum Gasteiger partial charge on any atom is 0.251 e. The maximum absolute atomic E-state index is 11.8. The number of nitrogens with one attached hydrogen (secondary N) is 1. The van der Waals surface area contributed by atoms with Gasteiger partial charge < -0.3 is 10.1 Å². The summed E-state index contributed by atoms with van der Waals surface area (Å²) in [4.78, 5) is 11.8. The number of amides is 1. The van der Waals surface area contributed by atoms with Gasteiger partial charge in [0, 0.05) is 30.7 Å². The monoisotopic (exact) mass is 283 g/mol. The Labute approximate surface area is 116 Å². The molecule has 1 aromatic rings. The second-order valence-electron chi connectivity index (χ2n) is 3.94. The van der Waals surface area contributed by atoms with E-state index >= 15 is 0 Å². The minimum absolute atomic E-state index is 0.0367. The van der Waals surface area contributed by atoms with Crippen LogP contribution < -0.4 is 5.32 Å². The van der Waals surface area contributed by atoms with Crippen molar-refractivity contribution in [1.82, 2.24) is 5.32 Å². The molecule has 1 N–H and O–H groups in total. The molecule has 0 unspecified atom stereocenters. The Morgan fingerprint density at radius 2 is 2.00 bits per heavy atom. The van der Waals surface area contributed by atoms with E-state index in [-0.39, 0.29) is 5.91 Å². The molecule has 1 saturated heterocycles. The SMILES string of the molecule is COCCNC(=O)c1ccc(C2SCCS2)cc1.